The predicted molar refractivity (Wildman–Crippen MR) is 145 cm³/mol. The molecule has 6 bridgehead atoms. The molecule has 2 amide bonds. The van der Waals surface area contributed by atoms with Crippen LogP contribution in [-0.4, -0.2) is 125 Å². The molecule has 0 aromatic heterocycles. The number of hydrogen-bond acceptors (Lipinski definition) is 8. The molecule has 10 nitrogen and oxygen atoms in total. The van der Waals surface area contributed by atoms with Crippen molar-refractivity contribution in [2.45, 2.75) is 82.8 Å². The number of nitrogens with zero attached hydrogens (tertiary/aromatic N) is 3. The van der Waals surface area contributed by atoms with Gasteiger partial charge in [0.1, 0.15) is 12.2 Å². The van der Waals surface area contributed by atoms with Crippen LogP contribution in [0.4, 0.5) is 8.78 Å². The molecule has 228 valence electrons. The number of rotatable bonds is 3. The SMILES string of the molecule is CC(C)(C)CN1C[C@@H]2C[C@H]1C(=O)N1CCO[C@H](CN(Cc3ccc(F)c(F)c3)C[C@H]3O[C@@H](CC(=O)N2)[C@H](O)[C@@H]3O)C1. The van der Waals surface area contributed by atoms with Crippen molar-refractivity contribution in [3.63, 3.8) is 0 Å². The average molecular weight is 581 g/mol. The zero-order valence-electron chi connectivity index (χ0n) is 24.0. The largest absolute Gasteiger partial charge is 0.388 e. The van der Waals surface area contributed by atoms with Crippen molar-refractivity contribution in [2.75, 3.05) is 45.9 Å². The maximum absolute atomic E-state index is 14.0. The molecule has 4 heterocycles. The first-order valence-corrected chi connectivity index (χ1v) is 14.5. The van der Waals surface area contributed by atoms with Gasteiger partial charge in [0, 0.05) is 51.9 Å². The molecule has 3 N–H and O–H groups in total. The van der Waals surface area contributed by atoms with E-state index in [1.54, 1.807) is 0 Å². The summed E-state index contributed by atoms with van der Waals surface area (Å²) in [5, 5.41) is 24.6. The second kappa shape index (κ2) is 12.2. The number of benzene rings is 1. The molecule has 4 saturated heterocycles. The molecule has 41 heavy (non-hydrogen) atoms. The van der Waals surface area contributed by atoms with Gasteiger partial charge >= 0.3 is 0 Å². The Kier molecular flexibility index (Phi) is 8.98. The Bertz CT molecular complexity index is 1120. The molecule has 0 unspecified atom stereocenters. The van der Waals surface area contributed by atoms with Crippen molar-refractivity contribution in [3.8, 4) is 0 Å². The topological polar surface area (TPSA) is 115 Å². The second-order valence-electron chi connectivity index (χ2n) is 13.1. The number of fused-ring (bicyclic) bond motifs is 6. The number of morpholine rings is 1. The number of nitrogens with one attached hydrogen (secondary N) is 1. The van der Waals surface area contributed by atoms with Gasteiger partial charge < -0.3 is 29.9 Å². The standard InChI is InChI=1S/C29H42F2N4O6/c1-29(2,3)16-35-12-18-9-22(35)28(39)34-6-7-40-19(14-34)13-33(11-17-4-5-20(30)21(31)8-17)15-24-27(38)26(37)23(41-24)10-25(36)32-18/h4-5,8,18-19,22-24,26-27,37-38H,6-7,9-16H2,1-3H3,(H,32,36)/t18-,19+,22-,23-,24+,26-,27+/m0/s1. The minimum absolute atomic E-state index is 0.00722. The third-order valence-corrected chi connectivity index (χ3v) is 8.32. The van der Waals surface area contributed by atoms with Crippen molar-refractivity contribution in [3.05, 3.63) is 35.4 Å². The summed E-state index contributed by atoms with van der Waals surface area (Å²) in [6.07, 6.45) is -4.24. The number of ether oxygens (including phenoxy) is 2. The lowest BCUT2D eigenvalue weighted by molar-refractivity contribution is -0.145. The van der Waals surface area contributed by atoms with Crippen molar-refractivity contribution < 1.29 is 38.1 Å². The molecule has 0 aliphatic carbocycles. The lowest BCUT2D eigenvalue weighted by Gasteiger charge is -2.39. The van der Waals surface area contributed by atoms with Crippen LogP contribution in [0, 0.1) is 17.0 Å². The first-order valence-electron chi connectivity index (χ1n) is 14.5. The normalized spacial score (nSPS) is 34.2. The monoisotopic (exact) mass is 580 g/mol. The molecule has 4 aliphatic rings. The maximum Gasteiger partial charge on any atom is 0.240 e. The molecule has 0 saturated carbocycles. The van der Waals surface area contributed by atoms with Crippen LogP contribution in [0.1, 0.15) is 39.2 Å². The van der Waals surface area contributed by atoms with Gasteiger partial charge in [0.05, 0.1) is 37.4 Å². The molecule has 4 aliphatic heterocycles. The van der Waals surface area contributed by atoms with Crippen LogP contribution in [0.5, 0.6) is 0 Å². The Hall–Kier alpha value is -2.22. The number of aliphatic hydroxyl groups is 2. The highest BCUT2D eigenvalue weighted by molar-refractivity contribution is 5.83. The predicted octanol–water partition coefficient (Wildman–Crippen LogP) is 0.492. The Morgan fingerprint density at radius 3 is 2.51 bits per heavy atom. The zero-order chi connectivity index (χ0) is 29.5. The summed E-state index contributed by atoms with van der Waals surface area (Å²) in [5.41, 5.74) is 0.456. The van der Waals surface area contributed by atoms with Crippen molar-refractivity contribution in [1.29, 1.82) is 0 Å². The van der Waals surface area contributed by atoms with Gasteiger partial charge in [0.25, 0.3) is 0 Å². The molecule has 0 radical (unpaired) electrons. The molecule has 1 aromatic carbocycles. The summed E-state index contributed by atoms with van der Waals surface area (Å²) in [6, 6.07) is 3.07. The van der Waals surface area contributed by atoms with Gasteiger partial charge in [-0.3, -0.25) is 19.4 Å². The van der Waals surface area contributed by atoms with Gasteiger partial charge in [0.15, 0.2) is 11.6 Å². The van der Waals surface area contributed by atoms with Crippen molar-refractivity contribution >= 4 is 11.8 Å². The van der Waals surface area contributed by atoms with E-state index in [0.29, 0.717) is 51.3 Å². The van der Waals surface area contributed by atoms with Crippen LogP contribution in [0.2, 0.25) is 0 Å². The number of likely N-dealkylation sites (tertiary alicyclic amines) is 1. The molecule has 12 heteroatoms. The Morgan fingerprint density at radius 2 is 1.78 bits per heavy atom. The number of aliphatic hydroxyl groups excluding tert-OH is 2. The van der Waals surface area contributed by atoms with E-state index in [1.165, 1.54) is 6.07 Å². The minimum Gasteiger partial charge on any atom is -0.388 e. The summed E-state index contributed by atoms with van der Waals surface area (Å²) in [7, 11) is 0. The Labute approximate surface area is 239 Å². The van der Waals surface area contributed by atoms with Gasteiger partial charge in [-0.15, -0.1) is 0 Å². The number of carbonyl (C=O) groups excluding carboxylic acids is 2. The Balaban J connectivity index is 1.42. The summed E-state index contributed by atoms with van der Waals surface area (Å²) in [4.78, 5) is 32.7. The third kappa shape index (κ3) is 7.23. The number of carbonyl (C=O) groups is 2. The fourth-order valence-corrected chi connectivity index (χ4v) is 6.55. The van der Waals surface area contributed by atoms with E-state index in [-0.39, 0.29) is 54.9 Å². The minimum atomic E-state index is -1.26. The first kappa shape index (κ1) is 30.2. The van der Waals surface area contributed by atoms with Gasteiger partial charge in [-0.05, 0) is 29.5 Å². The van der Waals surface area contributed by atoms with E-state index in [4.69, 9.17) is 9.47 Å². The lowest BCUT2D eigenvalue weighted by Crippen LogP contribution is -2.55. The van der Waals surface area contributed by atoms with Crippen LogP contribution in [-0.2, 0) is 25.6 Å². The second-order valence-corrected chi connectivity index (χ2v) is 13.1. The highest BCUT2D eigenvalue weighted by Gasteiger charge is 2.46. The van der Waals surface area contributed by atoms with E-state index in [1.807, 2.05) is 9.80 Å². The van der Waals surface area contributed by atoms with Crippen LogP contribution in [0.15, 0.2) is 18.2 Å². The van der Waals surface area contributed by atoms with Gasteiger partial charge in [-0.2, -0.15) is 0 Å². The number of hydrogen-bond donors (Lipinski definition) is 3. The summed E-state index contributed by atoms with van der Waals surface area (Å²) in [5.74, 6) is -2.21. The molecular formula is C29H42F2N4O6. The molecule has 7 atom stereocenters. The number of amides is 2. The molecule has 0 spiro atoms. The molecule has 5 rings (SSSR count). The zero-order valence-corrected chi connectivity index (χ0v) is 24.0. The van der Waals surface area contributed by atoms with E-state index in [2.05, 4.69) is 31.0 Å². The van der Waals surface area contributed by atoms with Gasteiger partial charge in [-0.25, -0.2) is 8.78 Å². The van der Waals surface area contributed by atoms with E-state index in [9.17, 15) is 28.6 Å². The lowest BCUT2D eigenvalue weighted by atomic mass is 9.95. The maximum atomic E-state index is 14.0. The summed E-state index contributed by atoms with van der Waals surface area (Å²) < 4.78 is 39.6. The van der Waals surface area contributed by atoms with E-state index in [0.717, 1.165) is 12.1 Å². The Morgan fingerprint density at radius 1 is 1.02 bits per heavy atom. The van der Waals surface area contributed by atoms with Crippen molar-refractivity contribution in [1.82, 2.24) is 20.0 Å². The van der Waals surface area contributed by atoms with Crippen LogP contribution >= 0.6 is 0 Å². The molecule has 1 aromatic rings. The van der Waals surface area contributed by atoms with Crippen LogP contribution < -0.4 is 5.32 Å². The van der Waals surface area contributed by atoms with Crippen molar-refractivity contribution in [2.24, 2.45) is 5.41 Å². The van der Waals surface area contributed by atoms with E-state index >= 15 is 0 Å². The molecular weight excluding hydrogens is 538 g/mol. The third-order valence-electron chi connectivity index (χ3n) is 8.32. The smallest absolute Gasteiger partial charge is 0.240 e. The van der Waals surface area contributed by atoms with Crippen LogP contribution in [0.3, 0.4) is 0 Å². The fraction of sp³-hybridized carbons (Fsp3) is 0.724. The van der Waals surface area contributed by atoms with Gasteiger partial charge in [0.2, 0.25) is 11.8 Å². The van der Waals surface area contributed by atoms with Gasteiger partial charge in [-0.1, -0.05) is 26.8 Å². The summed E-state index contributed by atoms with van der Waals surface area (Å²) >= 11 is 0. The number of halogens is 2. The molecule has 4 fully saturated rings. The highest BCUT2D eigenvalue weighted by atomic mass is 19.2. The average Bonchev–Trinajstić information content (AvgIpc) is 3.39. The highest BCUT2D eigenvalue weighted by Crippen LogP contribution is 2.29. The van der Waals surface area contributed by atoms with E-state index < -0.39 is 36.1 Å². The fourth-order valence-electron chi connectivity index (χ4n) is 6.55. The quantitative estimate of drug-likeness (QED) is 0.474. The first-order chi connectivity index (χ1) is 19.4. The summed E-state index contributed by atoms with van der Waals surface area (Å²) in [6.45, 7) is 9.39. The van der Waals surface area contributed by atoms with Crippen LogP contribution in [0.25, 0.3) is 0 Å².